The molecule has 1 fully saturated rings. The Hall–Kier alpha value is -0.970. The Morgan fingerprint density at radius 2 is 2.05 bits per heavy atom. The van der Waals surface area contributed by atoms with Gasteiger partial charge in [-0.15, -0.1) is 0 Å². The molecule has 0 amide bonds. The first-order valence-corrected chi connectivity index (χ1v) is 6.91. The summed E-state index contributed by atoms with van der Waals surface area (Å²) in [6.45, 7) is 7.96. The van der Waals surface area contributed by atoms with E-state index < -0.39 is 0 Å². The lowest BCUT2D eigenvalue weighted by Crippen LogP contribution is -2.49. The van der Waals surface area contributed by atoms with Crippen molar-refractivity contribution >= 4 is 0 Å². The van der Waals surface area contributed by atoms with Crippen LogP contribution < -0.4 is 5.73 Å². The minimum absolute atomic E-state index is 0.147. The molecular formula is C15H23FN2O. The second kappa shape index (κ2) is 6.46. The summed E-state index contributed by atoms with van der Waals surface area (Å²) < 4.78 is 18.7. The first-order valence-electron chi connectivity index (χ1n) is 6.91. The monoisotopic (exact) mass is 266 g/mol. The number of hydrogen-bond donors (Lipinski definition) is 1. The molecule has 4 heteroatoms. The third kappa shape index (κ3) is 3.32. The van der Waals surface area contributed by atoms with Crippen molar-refractivity contribution in [2.75, 3.05) is 32.8 Å². The van der Waals surface area contributed by atoms with Gasteiger partial charge in [-0.3, -0.25) is 4.90 Å². The van der Waals surface area contributed by atoms with E-state index in [4.69, 9.17) is 10.5 Å². The quantitative estimate of drug-likeness (QED) is 0.904. The highest BCUT2D eigenvalue weighted by Gasteiger charge is 2.26. The first-order chi connectivity index (χ1) is 9.13. The van der Waals surface area contributed by atoms with E-state index in [1.165, 1.54) is 0 Å². The zero-order chi connectivity index (χ0) is 13.8. The van der Waals surface area contributed by atoms with Crippen molar-refractivity contribution in [3.8, 4) is 0 Å². The lowest BCUT2D eigenvalue weighted by atomic mass is 9.91. The smallest absolute Gasteiger partial charge is 0.126 e. The zero-order valence-electron chi connectivity index (χ0n) is 11.7. The number of rotatable bonds is 4. The molecule has 0 aromatic heterocycles. The normalized spacial score (nSPS) is 20.2. The Balaban J connectivity index is 2.14. The van der Waals surface area contributed by atoms with Crippen molar-refractivity contribution in [1.29, 1.82) is 0 Å². The van der Waals surface area contributed by atoms with Crippen LogP contribution in [0.3, 0.4) is 0 Å². The molecule has 2 unspecified atom stereocenters. The summed E-state index contributed by atoms with van der Waals surface area (Å²) in [6.07, 6.45) is 0. The van der Waals surface area contributed by atoms with Gasteiger partial charge in [-0.05, 0) is 30.0 Å². The highest BCUT2D eigenvalue weighted by molar-refractivity contribution is 5.27. The van der Waals surface area contributed by atoms with Crippen LogP contribution in [0.15, 0.2) is 18.2 Å². The van der Waals surface area contributed by atoms with Crippen molar-refractivity contribution in [3.63, 3.8) is 0 Å². The lowest BCUT2D eigenvalue weighted by molar-refractivity contribution is 0.0136. The van der Waals surface area contributed by atoms with E-state index in [0.717, 1.165) is 31.9 Å². The molecule has 1 aliphatic rings. The van der Waals surface area contributed by atoms with E-state index in [0.29, 0.717) is 18.0 Å². The van der Waals surface area contributed by atoms with Crippen molar-refractivity contribution in [1.82, 2.24) is 4.90 Å². The van der Waals surface area contributed by atoms with Gasteiger partial charge in [-0.2, -0.15) is 0 Å². The molecule has 0 radical (unpaired) electrons. The highest BCUT2D eigenvalue weighted by Crippen LogP contribution is 2.25. The number of morpholine rings is 1. The Labute approximate surface area is 114 Å². The van der Waals surface area contributed by atoms with E-state index in [1.807, 2.05) is 12.1 Å². The predicted molar refractivity (Wildman–Crippen MR) is 74.8 cm³/mol. The van der Waals surface area contributed by atoms with Crippen LogP contribution in [0.1, 0.15) is 24.0 Å². The number of nitrogens with zero attached hydrogens (tertiary/aromatic N) is 1. The average Bonchev–Trinajstić information content (AvgIpc) is 2.44. The van der Waals surface area contributed by atoms with E-state index in [2.05, 4.69) is 11.8 Å². The molecule has 0 bridgehead atoms. The largest absolute Gasteiger partial charge is 0.379 e. The average molecular weight is 266 g/mol. The summed E-state index contributed by atoms with van der Waals surface area (Å²) >= 11 is 0. The van der Waals surface area contributed by atoms with Gasteiger partial charge < -0.3 is 10.5 Å². The molecule has 0 saturated carbocycles. The molecule has 3 nitrogen and oxygen atoms in total. The summed E-state index contributed by atoms with van der Waals surface area (Å²) in [5, 5.41) is 0. The summed E-state index contributed by atoms with van der Waals surface area (Å²) in [5.74, 6) is 0.147. The minimum Gasteiger partial charge on any atom is -0.379 e. The van der Waals surface area contributed by atoms with Gasteiger partial charge >= 0.3 is 0 Å². The standard InChI is InChI=1S/C15H23FN2O/c1-11-9-13(3-4-14(11)16)12(2)15(10-17)18-5-7-19-8-6-18/h3-4,9,12,15H,5-8,10,17H2,1-2H3. The van der Waals surface area contributed by atoms with Gasteiger partial charge in [-0.25, -0.2) is 4.39 Å². The molecule has 1 aliphatic heterocycles. The van der Waals surface area contributed by atoms with E-state index in [9.17, 15) is 4.39 Å². The molecule has 1 aromatic rings. The van der Waals surface area contributed by atoms with Crippen LogP contribution >= 0.6 is 0 Å². The number of nitrogens with two attached hydrogens (primary N) is 1. The fraction of sp³-hybridized carbons (Fsp3) is 0.600. The molecular weight excluding hydrogens is 243 g/mol. The highest BCUT2D eigenvalue weighted by atomic mass is 19.1. The number of ether oxygens (including phenoxy) is 1. The second-order valence-corrected chi connectivity index (χ2v) is 5.25. The molecule has 2 rings (SSSR count). The third-order valence-corrected chi connectivity index (χ3v) is 4.04. The summed E-state index contributed by atoms with van der Waals surface area (Å²) in [5.41, 5.74) is 7.80. The number of halogens is 1. The van der Waals surface area contributed by atoms with Gasteiger partial charge in [0.05, 0.1) is 13.2 Å². The molecule has 1 aromatic carbocycles. The molecule has 106 valence electrons. The molecule has 19 heavy (non-hydrogen) atoms. The zero-order valence-corrected chi connectivity index (χ0v) is 11.7. The summed E-state index contributed by atoms with van der Waals surface area (Å²) in [6, 6.07) is 5.64. The van der Waals surface area contributed by atoms with Crippen LogP contribution in [-0.2, 0) is 4.74 Å². The van der Waals surface area contributed by atoms with Gasteiger partial charge in [0.25, 0.3) is 0 Å². The second-order valence-electron chi connectivity index (χ2n) is 5.25. The van der Waals surface area contributed by atoms with Crippen molar-refractivity contribution in [2.45, 2.75) is 25.8 Å². The molecule has 0 aliphatic carbocycles. The van der Waals surface area contributed by atoms with Crippen molar-refractivity contribution in [3.05, 3.63) is 35.1 Å². The molecule has 0 spiro atoms. The third-order valence-electron chi connectivity index (χ3n) is 4.04. The van der Waals surface area contributed by atoms with Crippen LogP contribution in [0, 0.1) is 12.7 Å². The van der Waals surface area contributed by atoms with E-state index in [1.54, 1.807) is 13.0 Å². The number of aryl methyl sites for hydroxylation is 1. The Kier molecular flexibility index (Phi) is 4.91. The predicted octanol–water partition coefficient (Wildman–Crippen LogP) is 1.90. The van der Waals surface area contributed by atoms with Gasteiger partial charge in [0.1, 0.15) is 5.82 Å². The fourth-order valence-electron chi connectivity index (χ4n) is 2.75. The molecule has 1 heterocycles. The Bertz CT molecular complexity index is 419. The fourth-order valence-corrected chi connectivity index (χ4v) is 2.75. The first kappa shape index (κ1) is 14.4. The maximum atomic E-state index is 13.3. The maximum Gasteiger partial charge on any atom is 0.126 e. The van der Waals surface area contributed by atoms with Gasteiger partial charge in [0.2, 0.25) is 0 Å². The summed E-state index contributed by atoms with van der Waals surface area (Å²) in [7, 11) is 0. The van der Waals surface area contributed by atoms with Gasteiger partial charge in [-0.1, -0.05) is 19.1 Å². The van der Waals surface area contributed by atoms with Crippen LogP contribution in [0.2, 0.25) is 0 Å². The van der Waals surface area contributed by atoms with Gasteiger partial charge in [0.15, 0.2) is 0 Å². The van der Waals surface area contributed by atoms with E-state index in [-0.39, 0.29) is 11.9 Å². The number of hydrogen-bond acceptors (Lipinski definition) is 3. The van der Waals surface area contributed by atoms with Crippen molar-refractivity contribution in [2.24, 2.45) is 5.73 Å². The minimum atomic E-state index is -0.147. The molecule has 1 saturated heterocycles. The van der Waals surface area contributed by atoms with E-state index >= 15 is 0 Å². The lowest BCUT2D eigenvalue weighted by Gasteiger charge is -2.37. The van der Waals surface area contributed by atoms with Crippen molar-refractivity contribution < 1.29 is 9.13 Å². The Morgan fingerprint density at radius 3 is 2.63 bits per heavy atom. The SMILES string of the molecule is Cc1cc(C(C)C(CN)N2CCOCC2)ccc1F. The number of benzene rings is 1. The summed E-state index contributed by atoms with van der Waals surface area (Å²) in [4.78, 5) is 2.38. The van der Waals surface area contributed by atoms with Crippen LogP contribution in [-0.4, -0.2) is 43.8 Å². The topological polar surface area (TPSA) is 38.5 Å². The molecule has 2 N–H and O–H groups in total. The van der Waals surface area contributed by atoms with Crippen LogP contribution in [0.5, 0.6) is 0 Å². The van der Waals surface area contributed by atoms with Crippen LogP contribution in [0.4, 0.5) is 4.39 Å². The van der Waals surface area contributed by atoms with Crippen LogP contribution in [0.25, 0.3) is 0 Å². The Morgan fingerprint density at radius 1 is 1.37 bits per heavy atom. The van der Waals surface area contributed by atoms with Gasteiger partial charge in [0, 0.05) is 25.7 Å². The maximum absolute atomic E-state index is 13.3. The molecule has 2 atom stereocenters.